The number of hydrogen-bond acceptors (Lipinski definition) is 4. The second kappa shape index (κ2) is 8.24. The molecule has 2 rings (SSSR count). The minimum Gasteiger partial charge on any atom is -0.493 e. The molecule has 0 spiro atoms. The number of rotatable bonds is 7. The summed E-state index contributed by atoms with van der Waals surface area (Å²) >= 11 is 3.48. The molecular weight excluding hydrogens is 344 g/mol. The molecule has 2 aromatic carbocycles. The molecule has 0 bridgehead atoms. The third-order valence-electron chi connectivity index (χ3n) is 2.78. The molecule has 2 aromatic rings. The van der Waals surface area contributed by atoms with Gasteiger partial charge in [0.2, 0.25) is 0 Å². The first kappa shape index (κ1) is 16.1. The summed E-state index contributed by atoms with van der Waals surface area (Å²) in [6.45, 7) is 4.05. The fraction of sp³-hybridized carbons (Fsp3) is 0.118. The van der Waals surface area contributed by atoms with Gasteiger partial charge in [0.05, 0.1) is 23.5 Å². The van der Waals surface area contributed by atoms with Crippen LogP contribution in [0.4, 0.5) is 5.69 Å². The van der Waals surface area contributed by atoms with Crippen LogP contribution in [0.25, 0.3) is 0 Å². The number of hydrazone groups is 1. The molecule has 0 aliphatic carbocycles. The van der Waals surface area contributed by atoms with Gasteiger partial charge in [-0.1, -0.05) is 30.9 Å². The molecule has 0 radical (unpaired) electrons. The lowest BCUT2D eigenvalue weighted by molar-refractivity contribution is 0.324. The number of ether oxygens (including phenoxy) is 2. The third kappa shape index (κ3) is 4.36. The summed E-state index contributed by atoms with van der Waals surface area (Å²) in [5.41, 5.74) is 4.78. The van der Waals surface area contributed by atoms with Crippen molar-refractivity contribution in [3.63, 3.8) is 0 Å². The van der Waals surface area contributed by atoms with E-state index in [0.717, 1.165) is 15.7 Å². The first-order chi connectivity index (χ1) is 10.7. The smallest absolute Gasteiger partial charge is 0.175 e. The van der Waals surface area contributed by atoms with E-state index >= 15 is 0 Å². The lowest BCUT2D eigenvalue weighted by Gasteiger charge is -2.12. The molecule has 1 N–H and O–H groups in total. The molecule has 0 aliphatic heterocycles. The highest BCUT2D eigenvalue weighted by Gasteiger charge is 2.10. The summed E-state index contributed by atoms with van der Waals surface area (Å²) in [6.07, 6.45) is 3.41. The molecule has 0 unspecified atom stereocenters. The Morgan fingerprint density at radius 3 is 2.73 bits per heavy atom. The molecule has 0 saturated heterocycles. The lowest BCUT2D eigenvalue weighted by Crippen LogP contribution is -1.99. The van der Waals surface area contributed by atoms with E-state index in [1.165, 1.54) is 0 Å². The number of benzene rings is 2. The van der Waals surface area contributed by atoms with Crippen LogP contribution in [-0.2, 0) is 0 Å². The molecule has 0 fully saturated rings. The fourth-order valence-corrected chi connectivity index (χ4v) is 2.36. The van der Waals surface area contributed by atoms with Gasteiger partial charge in [0.1, 0.15) is 6.61 Å². The van der Waals surface area contributed by atoms with Crippen molar-refractivity contribution in [1.82, 2.24) is 0 Å². The summed E-state index contributed by atoms with van der Waals surface area (Å²) < 4.78 is 11.7. The van der Waals surface area contributed by atoms with Gasteiger partial charge in [0, 0.05) is 0 Å². The van der Waals surface area contributed by atoms with E-state index in [4.69, 9.17) is 9.47 Å². The highest BCUT2D eigenvalue weighted by molar-refractivity contribution is 9.10. The van der Waals surface area contributed by atoms with Crippen LogP contribution < -0.4 is 14.9 Å². The first-order valence-electron chi connectivity index (χ1n) is 6.70. The van der Waals surface area contributed by atoms with Crippen molar-refractivity contribution >= 4 is 27.8 Å². The number of hydrogen-bond donors (Lipinski definition) is 1. The van der Waals surface area contributed by atoms with Gasteiger partial charge in [-0.25, -0.2) is 0 Å². The quantitative estimate of drug-likeness (QED) is 0.450. The van der Waals surface area contributed by atoms with Crippen LogP contribution in [0.15, 0.2) is 64.7 Å². The topological polar surface area (TPSA) is 42.8 Å². The SMILES string of the molecule is C=CCOc1c(Br)cc(C=NNc2ccccc2)cc1OC. The summed E-state index contributed by atoms with van der Waals surface area (Å²) in [7, 11) is 1.60. The minimum absolute atomic E-state index is 0.415. The highest BCUT2D eigenvalue weighted by atomic mass is 79.9. The minimum atomic E-state index is 0.415. The maximum absolute atomic E-state index is 5.59. The monoisotopic (exact) mass is 360 g/mol. The zero-order valence-electron chi connectivity index (χ0n) is 12.3. The Balaban J connectivity index is 2.14. The summed E-state index contributed by atoms with van der Waals surface area (Å²) in [5.74, 6) is 1.29. The van der Waals surface area contributed by atoms with Crippen molar-refractivity contribution < 1.29 is 9.47 Å². The van der Waals surface area contributed by atoms with Crippen LogP contribution in [-0.4, -0.2) is 19.9 Å². The van der Waals surface area contributed by atoms with E-state index in [1.54, 1.807) is 19.4 Å². The Kier molecular flexibility index (Phi) is 6.03. The van der Waals surface area contributed by atoms with Gasteiger partial charge in [-0.2, -0.15) is 5.10 Å². The van der Waals surface area contributed by atoms with Crippen LogP contribution in [0.3, 0.4) is 0 Å². The normalized spacial score (nSPS) is 10.5. The zero-order chi connectivity index (χ0) is 15.8. The second-order valence-electron chi connectivity index (χ2n) is 4.37. The number of nitrogens with zero attached hydrogens (tertiary/aromatic N) is 1. The predicted molar refractivity (Wildman–Crippen MR) is 94.0 cm³/mol. The predicted octanol–water partition coefficient (Wildman–Crippen LogP) is 4.47. The Morgan fingerprint density at radius 2 is 2.05 bits per heavy atom. The van der Waals surface area contributed by atoms with Crippen LogP contribution in [0, 0.1) is 0 Å². The third-order valence-corrected chi connectivity index (χ3v) is 3.37. The number of methoxy groups -OCH3 is 1. The molecule has 0 atom stereocenters. The molecule has 0 aromatic heterocycles. The van der Waals surface area contributed by atoms with E-state index in [2.05, 4.69) is 33.0 Å². The average molecular weight is 361 g/mol. The Labute approximate surface area is 138 Å². The molecule has 0 saturated carbocycles. The van der Waals surface area contributed by atoms with Crippen molar-refractivity contribution in [2.75, 3.05) is 19.1 Å². The van der Waals surface area contributed by atoms with E-state index in [-0.39, 0.29) is 0 Å². The number of nitrogens with one attached hydrogen (secondary N) is 1. The van der Waals surface area contributed by atoms with E-state index in [0.29, 0.717) is 18.1 Å². The number of anilines is 1. The van der Waals surface area contributed by atoms with Crippen molar-refractivity contribution in [3.8, 4) is 11.5 Å². The Hall–Kier alpha value is -2.27. The van der Waals surface area contributed by atoms with E-state index in [1.807, 2.05) is 42.5 Å². The molecule has 0 heterocycles. The molecule has 4 nitrogen and oxygen atoms in total. The summed E-state index contributed by atoms with van der Waals surface area (Å²) in [6, 6.07) is 13.5. The molecular formula is C17H17BrN2O2. The first-order valence-corrected chi connectivity index (χ1v) is 7.49. The molecule has 5 heteroatoms. The van der Waals surface area contributed by atoms with Gasteiger partial charge in [0.15, 0.2) is 11.5 Å². The zero-order valence-corrected chi connectivity index (χ0v) is 13.8. The van der Waals surface area contributed by atoms with Crippen molar-refractivity contribution in [3.05, 3.63) is 65.2 Å². The summed E-state index contributed by atoms with van der Waals surface area (Å²) in [4.78, 5) is 0. The van der Waals surface area contributed by atoms with Gasteiger partial charge >= 0.3 is 0 Å². The molecule has 22 heavy (non-hydrogen) atoms. The van der Waals surface area contributed by atoms with Gasteiger partial charge in [-0.15, -0.1) is 0 Å². The average Bonchev–Trinajstić information content (AvgIpc) is 2.54. The number of para-hydroxylation sites is 1. The largest absolute Gasteiger partial charge is 0.493 e. The standard InChI is InChI=1S/C17H17BrN2O2/c1-3-9-22-17-15(18)10-13(11-16(17)21-2)12-19-20-14-7-5-4-6-8-14/h3-8,10-12,20H,1,9H2,2H3. The highest BCUT2D eigenvalue weighted by Crippen LogP contribution is 2.36. The molecule has 0 amide bonds. The Bertz CT molecular complexity index is 657. The van der Waals surface area contributed by atoms with Crippen LogP contribution in [0.2, 0.25) is 0 Å². The van der Waals surface area contributed by atoms with E-state index in [9.17, 15) is 0 Å². The van der Waals surface area contributed by atoms with Crippen molar-refractivity contribution in [2.45, 2.75) is 0 Å². The van der Waals surface area contributed by atoms with Crippen LogP contribution in [0.1, 0.15) is 5.56 Å². The van der Waals surface area contributed by atoms with Gasteiger partial charge in [0.25, 0.3) is 0 Å². The van der Waals surface area contributed by atoms with Gasteiger partial charge in [-0.05, 0) is 45.8 Å². The van der Waals surface area contributed by atoms with Crippen molar-refractivity contribution in [1.29, 1.82) is 0 Å². The van der Waals surface area contributed by atoms with Crippen LogP contribution >= 0.6 is 15.9 Å². The lowest BCUT2D eigenvalue weighted by atomic mass is 10.2. The van der Waals surface area contributed by atoms with Gasteiger partial charge < -0.3 is 9.47 Å². The molecule has 114 valence electrons. The number of halogens is 1. The fourth-order valence-electron chi connectivity index (χ4n) is 1.79. The van der Waals surface area contributed by atoms with Crippen LogP contribution in [0.5, 0.6) is 11.5 Å². The second-order valence-corrected chi connectivity index (χ2v) is 5.22. The van der Waals surface area contributed by atoms with Crippen molar-refractivity contribution in [2.24, 2.45) is 5.10 Å². The summed E-state index contributed by atoms with van der Waals surface area (Å²) in [5, 5.41) is 4.21. The maximum atomic E-state index is 5.59. The maximum Gasteiger partial charge on any atom is 0.175 e. The Morgan fingerprint density at radius 1 is 1.27 bits per heavy atom. The van der Waals surface area contributed by atoms with Gasteiger partial charge in [-0.3, -0.25) is 5.43 Å². The van der Waals surface area contributed by atoms with E-state index < -0.39 is 0 Å². The molecule has 0 aliphatic rings.